The van der Waals surface area contributed by atoms with E-state index < -0.39 is 11.9 Å². The number of anilines is 2. The number of pyridine rings is 1. The van der Waals surface area contributed by atoms with E-state index in [2.05, 4.69) is 10.3 Å². The Hall–Kier alpha value is -2.28. The van der Waals surface area contributed by atoms with E-state index in [1.165, 1.54) is 12.1 Å². The van der Waals surface area contributed by atoms with Gasteiger partial charge in [0.25, 0.3) is 0 Å². The van der Waals surface area contributed by atoms with Crippen LogP contribution in [0.2, 0.25) is 0 Å². The number of benzene rings is 1. The van der Waals surface area contributed by atoms with E-state index in [1.807, 2.05) is 0 Å². The van der Waals surface area contributed by atoms with E-state index in [4.69, 9.17) is 10.5 Å². The molecule has 0 fully saturated rings. The average molecular weight is 297 g/mol. The van der Waals surface area contributed by atoms with Crippen LogP contribution >= 0.6 is 0 Å². The van der Waals surface area contributed by atoms with Gasteiger partial charge in [-0.15, -0.1) is 0 Å². The molecule has 0 atom stereocenters. The van der Waals surface area contributed by atoms with Crippen molar-refractivity contribution in [3.05, 3.63) is 48.2 Å². The summed E-state index contributed by atoms with van der Waals surface area (Å²) in [5.41, 5.74) is 5.00. The van der Waals surface area contributed by atoms with Gasteiger partial charge in [0, 0.05) is 12.2 Å². The Morgan fingerprint density at radius 1 is 1.10 bits per heavy atom. The van der Waals surface area contributed by atoms with Gasteiger partial charge in [-0.05, 0) is 36.4 Å². The Morgan fingerprint density at radius 3 is 2.43 bits per heavy atom. The van der Waals surface area contributed by atoms with E-state index >= 15 is 0 Å². The molecule has 1 aromatic heterocycles. The maximum Gasteiger partial charge on any atom is 0.433 e. The molecule has 0 saturated carbocycles. The van der Waals surface area contributed by atoms with Crippen molar-refractivity contribution in [2.24, 2.45) is 5.73 Å². The Bertz CT molecular complexity index is 585. The molecule has 7 heteroatoms. The van der Waals surface area contributed by atoms with E-state index in [9.17, 15) is 13.2 Å². The maximum absolute atomic E-state index is 12.6. The number of nitrogens with zero attached hydrogens (tertiary/aromatic N) is 1. The topological polar surface area (TPSA) is 60.2 Å². The second kappa shape index (κ2) is 6.45. The van der Waals surface area contributed by atoms with Crippen LogP contribution in [0, 0.1) is 0 Å². The molecular formula is C14H14F3N3O. The minimum Gasteiger partial charge on any atom is -0.492 e. The molecule has 0 radical (unpaired) electrons. The SMILES string of the molecule is NCCOc1ccc(Nc2cccc(C(F)(F)F)n2)cc1. The monoisotopic (exact) mass is 297 g/mol. The molecule has 4 nitrogen and oxygen atoms in total. The first-order valence-corrected chi connectivity index (χ1v) is 6.23. The summed E-state index contributed by atoms with van der Waals surface area (Å²) in [6, 6.07) is 10.5. The van der Waals surface area contributed by atoms with Crippen molar-refractivity contribution in [1.82, 2.24) is 4.98 Å². The van der Waals surface area contributed by atoms with Crippen molar-refractivity contribution in [1.29, 1.82) is 0 Å². The van der Waals surface area contributed by atoms with Crippen LogP contribution in [0.3, 0.4) is 0 Å². The van der Waals surface area contributed by atoms with Gasteiger partial charge in [0.15, 0.2) is 0 Å². The molecule has 0 amide bonds. The minimum absolute atomic E-state index is 0.125. The maximum atomic E-state index is 12.6. The van der Waals surface area contributed by atoms with Crippen molar-refractivity contribution in [2.45, 2.75) is 6.18 Å². The van der Waals surface area contributed by atoms with Gasteiger partial charge >= 0.3 is 6.18 Å². The molecule has 0 spiro atoms. The predicted molar refractivity (Wildman–Crippen MR) is 73.5 cm³/mol. The fourth-order valence-electron chi connectivity index (χ4n) is 1.62. The predicted octanol–water partition coefficient (Wildman–Crippen LogP) is 3.18. The van der Waals surface area contributed by atoms with Crippen molar-refractivity contribution >= 4 is 11.5 Å². The van der Waals surface area contributed by atoms with E-state index in [-0.39, 0.29) is 5.82 Å². The van der Waals surface area contributed by atoms with Crippen LogP contribution in [0.15, 0.2) is 42.5 Å². The molecule has 0 aliphatic carbocycles. The van der Waals surface area contributed by atoms with Gasteiger partial charge in [0.2, 0.25) is 0 Å². The summed E-state index contributed by atoms with van der Waals surface area (Å²) in [7, 11) is 0. The molecule has 0 aliphatic heterocycles. The van der Waals surface area contributed by atoms with Crippen molar-refractivity contribution < 1.29 is 17.9 Å². The summed E-state index contributed by atoms with van der Waals surface area (Å²) in [4.78, 5) is 3.53. The summed E-state index contributed by atoms with van der Waals surface area (Å²) in [6.45, 7) is 0.816. The largest absolute Gasteiger partial charge is 0.492 e. The number of hydrogen-bond acceptors (Lipinski definition) is 4. The minimum atomic E-state index is -4.46. The molecule has 0 saturated heterocycles. The zero-order valence-electron chi connectivity index (χ0n) is 11.0. The molecule has 2 rings (SSSR count). The van der Waals surface area contributed by atoms with Gasteiger partial charge in [-0.1, -0.05) is 6.07 Å². The van der Waals surface area contributed by atoms with Gasteiger partial charge in [0.1, 0.15) is 23.9 Å². The van der Waals surface area contributed by atoms with Crippen LogP contribution in [-0.4, -0.2) is 18.1 Å². The van der Waals surface area contributed by atoms with E-state index in [0.717, 1.165) is 6.07 Å². The fourth-order valence-corrected chi connectivity index (χ4v) is 1.62. The molecule has 0 unspecified atom stereocenters. The standard InChI is InChI=1S/C14H14F3N3O/c15-14(16,17)12-2-1-3-13(20-12)19-10-4-6-11(7-5-10)21-9-8-18/h1-7H,8-9,18H2,(H,19,20). The number of hydrogen-bond donors (Lipinski definition) is 2. The highest BCUT2D eigenvalue weighted by molar-refractivity contribution is 5.57. The summed E-state index contributed by atoms with van der Waals surface area (Å²) in [5.74, 6) is 0.767. The molecule has 2 aromatic rings. The Balaban J connectivity index is 2.08. The lowest BCUT2D eigenvalue weighted by Crippen LogP contribution is -2.10. The quantitative estimate of drug-likeness (QED) is 0.890. The zero-order valence-corrected chi connectivity index (χ0v) is 11.0. The van der Waals surface area contributed by atoms with Gasteiger partial charge in [-0.3, -0.25) is 0 Å². The molecule has 1 heterocycles. The summed E-state index contributed by atoms with van der Waals surface area (Å²) < 4.78 is 43.0. The normalized spacial score (nSPS) is 11.2. The van der Waals surface area contributed by atoms with Crippen molar-refractivity contribution in [3.63, 3.8) is 0 Å². The lowest BCUT2D eigenvalue weighted by Gasteiger charge is -2.10. The molecule has 0 bridgehead atoms. The summed E-state index contributed by atoms with van der Waals surface area (Å²) in [5, 5.41) is 2.81. The van der Waals surface area contributed by atoms with E-state index in [1.54, 1.807) is 24.3 Å². The van der Waals surface area contributed by atoms with Crippen molar-refractivity contribution in [3.8, 4) is 5.75 Å². The van der Waals surface area contributed by atoms with Crippen LogP contribution in [0.5, 0.6) is 5.75 Å². The highest BCUT2D eigenvalue weighted by Crippen LogP contribution is 2.28. The lowest BCUT2D eigenvalue weighted by molar-refractivity contribution is -0.141. The summed E-state index contributed by atoms with van der Waals surface area (Å²) >= 11 is 0. The molecule has 1 aromatic carbocycles. The van der Waals surface area contributed by atoms with Crippen LogP contribution in [0.1, 0.15) is 5.69 Å². The highest BCUT2D eigenvalue weighted by Gasteiger charge is 2.32. The van der Waals surface area contributed by atoms with Gasteiger partial charge in [-0.25, -0.2) is 4.98 Å². The smallest absolute Gasteiger partial charge is 0.433 e. The number of aromatic nitrogens is 1. The zero-order chi connectivity index (χ0) is 15.3. The molecular weight excluding hydrogens is 283 g/mol. The van der Waals surface area contributed by atoms with Crippen LogP contribution in [0.4, 0.5) is 24.7 Å². The van der Waals surface area contributed by atoms with E-state index in [0.29, 0.717) is 24.6 Å². The fraction of sp³-hybridized carbons (Fsp3) is 0.214. The third-order valence-corrected chi connectivity index (χ3v) is 2.55. The molecule has 3 N–H and O–H groups in total. The number of nitrogens with two attached hydrogens (primary N) is 1. The molecule has 0 aliphatic rings. The first kappa shape index (κ1) is 15.1. The second-order valence-corrected chi connectivity index (χ2v) is 4.19. The van der Waals surface area contributed by atoms with Crippen molar-refractivity contribution in [2.75, 3.05) is 18.5 Å². The number of ether oxygens (including phenoxy) is 1. The van der Waals surface area contributed by atoms with Crippen LogP contribution in [0.25, 0.3) is 0 Å². The summed E-state index contributed by atoms with van der Waals surface area (Å²) in [6.07, 6.45) is -4.46. The highest BCUT2D eigenvalue weighted by atomic mass is 19.4. The van der Waals surface area contributed by atoms with Crippen LogP contribution < -0.4 is 15.8 Å². The van der Waals surface area contributed by atoms with Crippen LogP contribution in [-0.2, 0) is 6.18 Å². The number of nitrogens with one attached hydrogen (secondary N) is 1. The lowest BCUT2D eigenvalue weighted by atomic mass is 10.3. The first-order valence-electron chi connectivity index (χ1n) is 6.23. The second-order valence-electron chi connectivity index (χ2n) is 4.19. The first-order chi connectivity index (χ1) is 9.99. The Labute approximate surface area is 119 Å². The number of halogens is 3. The number of alkyl halides is 3. The van der Waals surface area contributed by atoms with Gasteiger partial charge < -0.3 is 15.8 Å². The van der Waals surface area contributed by atoms with Gasteiger partial charge in [-0.2, -0.15) is 13.2 Å². The Kier molecular flexibility index (Phi) is 4.64. The molecule has 112 valence electrons. The molecule has 21 heavy (non-hydrogen) atoms. The number of rotatable bonds is 5. The van der Waals surface area contributed by atoms with Gasteiger partial charge in [0.05, 0.1) is 0 Å². The average Bonchev–Trinajstić information content (AvgIpc) is 2.46. The third kappa shape index (κ3) is 4.35. The Morgan fingerprint density at radius 2 is 1.81 bits per heavy atom. The third-order valence-electron chi connectivity index (χ3n) is 2.55.